The Kier molecular flexibility index (Phi) is 8.14. The molecule has 164 valence electrons. The highest BCUT2D eigenvalue weighted by molar-refractivity contribution is 8.01. The van der Waals surface area contributed by atoms with E-state index in [2.05, 4.69) is 29.4 Å². The van der Waals surface area contributed by atoms with Gasteiger partial charge in [-0.3, -0.25) is 4.79 Å². The second kappa shape index (κ2) is 10.4. The van der Waals surface area contributed by atoms with Gasteiger partial charge in [-0.2, -0.15) is 0 Å². The van der Waals surface area contributed by atoms with Gasteiger partial charge in [0.25, 0.3) is 0 Å². The number of nitrogens with one attached hydrogen (secondary N) is 1. The molecule has 30 heavy (non-hydrogen) atoms. The molecule has 0 bridgehead atoms. The second-order valence-corrected chi connectivity index (χ2v) is 12.3. The zero-order valence-electron chi connectivity index (χ0n) is 16.9. The number of sulfonamides is 1. The van der Waals surface area contributed by atoms with Crippen LogP contribution >= 0.6 is 34.7 Å². The van der Waals surface area contributed by atoms with E-state index in [9.17, 15) is 13.2 Å². The first-order valence-corrected chi connectivity index (χ1v) is 13.5. The van der Waals surface area contributed by atoms with E-state index in [1.807, 2.05) is 0 Å². The van der Waals surface area contributed by atoms with Gasteiger partial charge in [0.05, 0.1) is 11.7 Å². The summed E-state index contributed by atoms with van der Waals surface area (Å²) < 4.78 is 27.9. The van der Waals surface area contributed by atoms with Crippen LogP contribution in [0.1, 0.15) is 32.3 Å². The van der Waals surface area contributed by atoms with E-state index in [1.54, 1.807) is 36.0 Å². The quantitative estimate of drug-likeness (QED) is 0.444. The number of amides is 1. The van der Waals surface area contributed by atoms with Gasteiger partial charge < -0.3 is 5.32 Å². The summed E-state index contributed by atoms with van der Waals surface area (Å²) >= 11 is 8.92. The number of hydrogen-bond acceptors (Lipinski definition) is 7. The average Bonchev–Trinajstić information content (AvgIpc) is 3.13. The van der Waals surface area contributed by atoms with Crippen LogP contribution in [-0.4, -0.2) is 47.7 Å². The van der Waals surface area contributed by atoms with Gasteiger partial charge in [0.2, 0.25) is 21.1 Å². The summed E-state index contributed by atoms with van der Waals surface area (Å²) in [5.41, 5.74) is 0.634. The first kappa shape index (κ1) is 23.5. The SMILES string of the molecule is CC(C)CSc1nnc(NC(=O)C2CCCN(S(=O)(=O)Cc3cccc(Cl)c3)C2)s1. The molecule has 1 saturated heterocycles. The van der Waals surface area contributed by atoms with Crippen molar-refractivity contribution in [2.45, 2.75) is 36.8 Å². The van der Waals surface area contributed by atoms with Crippen molar-refractivity contribution in [3.05, 3.63) is 34.9 Å². The molecule has 11 heteroatoms. The van der Waals surface area contributed by atoms with Crippen LogP contribution in [0.4, 0.5) is 5.13 Å². The van der Waals surface area contributed by atoms with Gasteiger partial charge in [-0.15, -0.1) is 10.2 Å². The van der Waals surface area contributed by atoms with Gasteiger partial charge in [0.15, 0.2) is 4.34 Å². The number of benzene rings is 1. The number of halogens is 1. The minimum absolute atomic E-state index is 0.130. The molecule has 1 amide bonds. The van der Waals surface area contributed by atoms with Crippen LogP contribution < -0.4 is 5.32 Å². The molecule has 1 aromatic carbocycles. The summed E-state index contributed by atoms with van der Waals surface area (Å²) in [5, 5.41) is 11.9. The zero-order chi connectivity index (χ0) is 21.7. The van der Waals surface area contributed by atoms with Crippen molar-refractivity contribution in [2.24, 2.45) is 11.8 Å². The first-order valence-electron chi connectivity index (χ1n) is 9.72. The molecule has 0 aliphatic carbocycles. The monoisotopic (exact) mass is 488 g/mol. The third-order valence-electron chi connectivity index (χ3n) is 4.56. The van der Waals surface area contributed by atoms with Gasteiger partial charge in [-0.25, -0.2) is 12.7 Å². The molecule has 1 unspecified atom stereocenters. The summed E-state index contributed by atoms with van der Waals surface area (Å²) in [6, 6.07) is 6.83. The molecule has 0 spiro atoms. The van der Waals surface area contributed by atoms with E-state index >= 15 is 0 Å². The Morgan fingerprint density at radius 1 is 1.40 bits per heavy atom. The molecular weight excluding hydrogens is 464 g/mol. The van der Waals surface area contributed by atoms with E-state index in [4.69, 9.17) is 11.6 Å². The second-order valence-electron chi connectivity index (χ2n) is 7.65. The largest absolute Gasteiger partial charge is 0.300 e. The van der Waals surface area contributed by atoms with Gasteiger partial charge in [0.1, 0.15) is 0 Å². The van der Waals surface area contributed by atoms with Crippen molar-refractivity contribution < 1.29 is 13.2 Å². The lowest BCUT2D eigenvalue weighted by atomic mass is 9.99. The van der Waals surface area contributed by atoms with E-state index in [0.717, 1.165) is 10.1 Å². The fourth-order valence-corrected chi connectivity index (χ4v) is 6.64. The fraction of sp³-hybridized carbons (Fsp3) is 0.526. The van der Waals surface area contributed by atoms with Crippen molar-refractivity contribution in [3.8, 4) is 0 Å². The number of nitrogens with zero attached hydrogens (tertiary/aromatic N) is 3. The molecule has 7 nitrogen and oxygen atoms in total. The molecule has 1 aliphatic rings. The number of thioether (sulfide) groups is 1. The third kappa shape index (κ3) is 6.65. The predicted molar refractivity (Wildman–Crippen MR) is 122 cm³/mol. The molecule has 0 saturated carbocycles. The minimum Gasteiger partial charge on any atom is -0.300 e. The molecule has 1 aliphatic heterocycles. The van der Waals surface area contributed by atoms with E-state index in [-0.39, 0.29) is 18.2 Å². The normalized spacial score (nSPS) is 17.9. The molecule has 2 aromatic rings. The highest BCUT2D eigenvalue weighted by atomic mass is 35.5. The lowest BCUT2D eigenvalue weighted by Crippen LogP contribution is -2.44. The average molecular weight is 489 g/mol. The van der Waals surface area contributed by atoms with Crippen molar-refractivity contribution in [2.75, 3.05) is 24.2 Å². The van der Waals surface area contributed by atoms with Crippen LogP contribution in [0.3, 0.4) is 0 Å². The van der Waals surface area contributed by atoms with Crippen LogP contribution in [0.2, 0.25) is 5.02 Å². The molecule has 1 aromatic heterocycles. The van der Waals surface area contributed by atoms with Crippen LogP contribution in [0.15, 0.2) is 28.6 Å². The zero-order valence-corrected chi connectivity index (χ0v) is 20.1. The third-order valence-corrected chi connectivity index (χ3v) is 9.01. The molecule has 1 N–H and O–H groups in total. The standard InChI is InChI=1S/C19H25ClN4O3S3/c1-13(2)11-28-19-23-22-18(29-19)21-17(25)15-6-4-8-24(10-15)30(26,27)12-14-5-3-7-16(20)9-14/h3,5,7,9,13,15H,4,6,8,10-12H2,1-2H3,(H,21,22,25). The van der Waals surface area contributed by atoms with Gasteiger partial charge in [0, 0.05) is 23.9 Å². The highest BCUT2D eigenvalue weighted by Crippen LogP contribution is 2.28. The van der Waals surface area contributed by atoms with Crippen molar-refractivity contribution >= 4 is 55.8 Å². The lowest BCUT2D eigenvalue weighted by Gasteiger charge is -2.31. The summed E-state index contributed by atoms with van der Waals surface area (Å²) in [5.74, 6) is 0.719. The van der Waals surface area contributed by atoms with Crippen molar-refractivity contribution in [3.63, 3.8) is 0 Å². The van der Waals surface area contributed by atoms with E-state index in [0.29, 0.717) is 41.0 Å². The molecule has 1 atom stereocenters. The number of carbonyl (C=O) groups is 1. The molecule has 3 rings (SSSR count). The number of anilines is 1. The number of hydrogen-bond donors (Lipinski definition) is 1. The molecular formula is C19H25ClN4O3S3. The summed E-state index contributed by atoms with van der Waals surface area (Å²) in [6.45, 7) is 4.85. The highest BCUT2D eigenvalue weighted by Gasteiger charge is 2.32. The Hall–Kier alpha value is -1.20. The maximum absolute atomic E-state index is 12.9. The Morgan fingerprint density at radius 2 is 2.20 bits per heavy atom. The lowest BCUT2D eigenvalue weighted by molar-refractivity contribution is -0.120. The summed E-state index contributed by atoms with van der Waals surface area (Å²) in [6.07, 6.45) is 1.28. The molecule has 0 radical (unpaired) electrons. The maximum Gasteiger partial charge on any atom is 0.230 e. The Balaban J connectivity index is 1.59. The van der Waals surface area contributed by atoms with E-state index < -0.39 is 15.9 Å². The van der Waals surface area contributed by atoms with Crippen LogP contribution in [0.25, 0.3) is 0 Å². The van der Waals surface area contributed by atoms with Gasteiger partial charge in [-0.05, 0) is 36.5 Å². The number of rotatable bonds is 8. The Morgan fingerprint density at radius 3 is 2.93 bits per heavy atom. The smallest absolute Gasteiger partial charge is 0.230 e. The molecule has 1 fully saturated rings. The number of piperidine rings is 1. The van der Waals surface area contributed by atoms with Crippen molar-refractivity contribution in [1.82, 2.24) is 14.5 Å². The van der Waals surface area contributed by atoms with E-state index in [1.165, 1.54) is 15.6 Å². The number of aromatic nitrogens is 2. The predicted octanol–water partition coefficient (Wildman–Crippen LogP) is 4.12. The summed E-state index contributed by atoms with van der Waals surface area (Å²) in [4.78, 5) is 12.7. The topological polar surface area (TPSA) is 92.3 Å². The van der Waals surface area contributed by atoms with Crippen LogP contribution in [0.5, 0.6) is 0 Å². The van der Waals surface area contributed by atoms with Crippen LogP contribution in [-0.2, 0) is 20.6 Å². The Bertz CT molecular complexity index is 981. The van der Waals surface area contributed by atoms with Gasteiger partial charge in [-0.1, -0.05) is 60.7 Å². The summed E-state index contributed by atoms with van der Waals surface area (Å²) in [7, 11) is -3.54. The first-order chi connectivity index (χ1) is 14.2. The minimum atomic E-state index is -3.54. The fourth-order valence-electron chi connectivity index (χ4n) is 3.10. The Labute approximate surface area is 190 Å². The number of carbonyl (C=O) groups excluding carboxylic acids is 1. The van der Waals surface area contributed by atoms with Crippen LogP contribution in [0, 0.1) is 11.8 Å². The van der Waals surface area contributed by atoms with Gasteiger partial charge >= 0.3 is 0 Å². The maximum atomic E-state index is 12.9. The van der Waals surface area contributed by atoms with Crippen molar-refractivity contribution in [1.29, 1.82) is 0 Å². The molecule has 2 heterocycles.